The van der Waals surface area contributed by atoms with Gasteiger partial charge in [0.15, 0.2) is 0 Å². The molecule has 0 aliphatic carbocycles. The van der Waals surface area contributed by atoms with E-state index in [-0.39, 0.29) is 5.91 Å². The number of aliphatic imine (C=N–C) groups is 1. The van der Waals surface area contributed by atoms with Gasteiger partial charge in [-0.15, -0.1) is 0 Å². The first-order valence-electron chi connectivity index (χ1n) is 7.98. The van der Waals surface area contributed by atoms with Gasteiger partial charge in [0.05, 0.1) is 12.8 Å². The number of ether oxygens (including phenoxy) is 1. The van der Waals surface area contributed by atoms with Crippen molar-refractivity contribution in [3.63, 3.8) is 0 Å². The van der Waals surface area contributed by atoms with E-state index in [1.165, 1.54) is 11.8 Å². The molecule has 1 aromatic rings. The number of rotatable bonds is 6. The second kappa shape index (κ2) is 8.68. The fraction of sp³-hybridized carbons (Fsp3) is 0.389. The highest BCUT2D eigenvalue weighted by Gasteiger charge is 2.36. The summed E-state index contributed by atoms with van der Waals surface area (Å²) in [6.07, 6.45) is 2.81. The molecule has 24 heavy (non-hydrogen) atoms. The van der Waals surface area contributed by atoms with Gasteiger partial charge in [0.1, 0.15) is 16.0 Å². The number of nitrogens with one attached hydrogen (secondary N) is 2. The molecule has 2 N–H and O–H groups in total. The molecule has 0 radical (unpaired) electrons. The highest BCUT2D eigenvalue weighted by molar-refractivity contribution is 8.17. The van der Waals surface area contributed by atoms with Gasteiger partial charge in [-0.25, -0.2) is 0 Å². The van der Waals surface area contributed by atoms with Gasteiger partial charge in [0.25, 0.3) is 0 Å². The molecule has 6 heteroatoms. The third kappa shape index (κ3) is 4.26. The SMILES string of the molecule is C/C=C1/C(=N)C(C(=O)NCc2ccc(OC)cc2)SC1=NCCC. The van der Waals surface area contributed by atoms with Crippen molar-refractivity contribution in [1.82, 2.24) is 5.32 Å². The molecule has 1 fully saturated rings. The van der Waals surface area contributed by atoms with E-state index in [1.54, 1.807) is 7.11 Å². The molecular formula is C18H23N3O2S. The van der Waals surface area contributed by atoms with Gasteiger partial charge in [-0.2, -0.15) is 0 Å². The molecule has 128 valence electrons. The normalized spacial score (nSPS) is 20.6. The van der Waals surface area contributed by atoms with Crippen molar-refractivity contribution in [3.8, 4) is 5.75 Å². The minimum atomic E-state index is -0.523. The fourth-order valence-corrected chi connectivity index (χ4v) is 3.49. The van der Waals surface area contributed by atoms with Crippen LogP contribution in [-0.4, -0.2) is 35.6 Å². The highest BCUT2D eigenvalue weighted by Crippen LogP contribution is 2.31. The quantitative estimate of drug-likeness (QED) is 0.831. The predicted molar refractivity (Wildman–Crippen MR) is 100 cm³/mol. The topological polar surface area (TPSA) is 74.5 Å². The lowest BCUT2D eigenvalue weighted by molar-refractivity contribution is -0.119. The number of nitrogens with zero attached hydrogens (tertiary/aromatic N) is 1. The van der Waals surface area contributed by atoms with Gasteiger partial charge in [0, 0.05) is 18.7 Å². The average Bonchev–Trinajstić information content (AvgIpc) is 2.93. The van der Waals surface area contributed by atoms with Gasteiger partial charge < -0.3 is 15.5 Å². The van der Waals surface area contributed by atoms with E-state index < -0.39 is 5.25 Å². The van der Waals surface area contributed by atoms with Crippen LogP contribution in [0.2, 0.25) is 0 Å². The zero-order chi connectivity index (χ0) is 17.5. The first-order chi connectivity index (χ1) is 11.6. The first-order valence-corrected chi connectivity index (χ1v) is 8.85. The molecule has 0 aromatic heterocycles. The number of hydrogen-bond donors (Lipinski definition) is 2. The van der Waals surface area contributed by atoms with E-state index in [2.05, 4.69) is 17.2 Å². The van der Waals surface area contributed by atoms with Gasteiger partial charge in [-0.1, -0.05) is 36.9 Å². The van der Waals surface area contributed by atoms with Crippen LogP contribution < -0.4 is 10.1 Å². The molecule has 1 aliphatic rings. The number of thioether (sulfide) groups is 1. The average molecular weight is 345 g/mol. The Labute approximate surface area is 147 Å². The maximum absolute atomic E-state index is 12.5. The van der Waals surface area contributed by atoms with Crippen LogP contribution in [0.1, 0.15) is 25.8 Å². The highest BCUT2D eigenvalue weighted by atomic mass is 32.2. The van der Waals surface area contributed by atoms with E-state index in [1.807, 2.05) is 37.3 Å². The summed E-state index contributed by atoms with van der Waals surface area (Å²) in [7, 11) is 1.62. The molecule has 1 aliphatic heterocycles. The number of carbonyl (C=O) groups excluding carboxylic acids is 1. The lowest BCUT2D eigenvalue weighted by Gasteiger charge is -2.10. The third-order valence-electron chi connectivity index (χ3n) is 3.64. The van der Waals surface area contributed by atoms with Crippen LogP contribution >= 0.6 is 11.8 Å². The Kier molecular flexibility index (Phi) is 6.61. The number of carbonyl (C=O) groups is 1. The summed E-state index contributed by atoms with van der Waals surface area (Å²) in [6, 6.07) is 7.55. The van der Waals surface area contributed by atoms with E-state index in [0.717, 1.165) is 28.4 Å². The van der Waals surface area contributed by atoms with Crippen LogP contribution in [0.25, 0.3) is 0 Å². The smallest absolute Gasteiger partial charge is 0.239 e. The zero-order valence-electron chi connectivity index (χ0n) is 14.3. The molecular weight excluding hydrogens is 322 g/mol. The van der Waals surface area contributed by atoms with Crippen LogP contribution in [0.3, 0.4) is 0 Å². The molecule has 1 atom stereocenters. The van der Waals surface area contributed by atoms with Crippen LogP contribution in [0.15, 0.2) is 40.9 Å². The Bertz CT molecular complexity index is 665. The molecule has 1 aromatic carbocycles. The van der Waals surface area contributed by atoms with Gasteiger partial charge >= 0.3 is 0 Å². The van der Waals surface area contributed by atoms with Crippen molar-refractivity contribution < 1.29 is 9.53 Å². The molecule has 1 unspecified atom stereocenters. The standard InChI is InChI=1S/C18H23N3O2S/c1-4-10-20-18-14(5-2)15(19)16(24-18)17(22)21-11-12-6-8-13(23-3)9-7-12/h5-9,16,19H,4,10-11H2,1-3H3,(H,21,22)/b14-5-,19-15?,20-18?. The molecule has 0 spiro atoms. The van der Waals surface area contributed by atoms with Crippen molar-refractivity contribution >= 4 is 28.4 Å². The Morgan fingerprint density at radius 1 is 1.42 bits per heavy atom. The number of hydrogen-bond acceptors (Lipinski definition) is 5. The van der Waals surface area contributed by atoms with Crippen LogP contribution in [0.5, 0.6) is 5.75 Å². The Balaban J connectivity index is 2.00. The summed E-state index contributed by atoms with van der Waals surface area (Å²) in [5.41, 5.74) is 2.10. The minimum absolute atomic E-state index is 0.151. The maximum atomic E-state index is 12.5. The first kappa shape index (κ1) is 18.3. The van der Waals surface area contributed by atoms with E-state index >= 15 is 0 Å². The molecule has 1 heterocycles. The molecule has 1 amide bonds. The molecule has 2 rings (SSSR count). The summed E-state index contributed by atoms with van der Waals surface area (Å²) in [5.74, 6) is 0.634. The number of benzene rings is 1. The molecule has 1 saturated heterocycles. The maximum Gasteiger partial charge on any atom is 0.239 e. The Hall–Kier alpha value is -2.08. The van der Waals surface area contributed by atoms with Crippen molar-refractivity contribution in [2.24, 2.45) is 4.99 Å². The monoisotopic (exact) mass is 345 g/mol. The molecule has 0 bridgehead atoms. The molecule has 0 saturated carbocycles. The summed E-state index contributed by atoms with van der Waals surface area (Å²) < 4.78 is 5.12. The lowest BCUT2D eigenvalue weighted by Crippen LogP contribution is -2.35. The van der Waals surface area contributed by atoms with Crippen LogP contribution in [0.4, 0.5) is 0 Å². The van der Waals surface area contributed by atoms with Crippen molar-refractivity contribution in [2.45, 2.75) is 32.1 Å². The fourth-order valence-electron chi connectivity index (χ4n) is 2.32. The summed E-state index contributed by atoms with van der Waals surface area (Å²) in [6.45, 7) is 5.08. The van der Waals surface area contributed by atoms with Crippen LogP contribution in [0, 0.1) is 5.41 Å². The van der Waals surface area contributed by atoms with Gasteiger partial charge in [0.2, 0.25) is 5.91 Å². The lowest BCUT2D eigenvalue weighted by atomic mass is 10.1. The largest absolute Gasteiger partial charge is 0.497 e. The second-order valence-corrected chi connectivity index (χ2v) is 6.46. The summed E-state index contributed by atoms with van der Waals surface area (Å²) in [4.78, 5) is 16.9. The zero-order valence-corrected chi connectivity index (χ0v) is 15.1. The summed E-state index contributed by atoms with van der Waals surface area (Å²) >= 11 is 1.37. The number of amides is 1. The van der Waals surface area contributed by atoms with E-state index in [4.69, 9.17) is 10.1 Å². The molecule has 5 nitrogen and oxygen atoms in total. The Morgan fingerprint density at radius 2 is 2.12 bits per heavy atom. The van der Waals surface area contributed by atoms with Crippen molar-refractivity contribution in [3.05, 3.63) is 41.5 Å². The second-order valence-electron chi connectivity index (χ2n) is 5.37. The third-order valence-corrected chi connectivity index (χ3v) is 4.90. The number of methoxy groups -OCH3 is 1. The van der Waals surface area contributed by atoms with Crippen molar-refractivity contribution in [2.75, 3.05) is 13.7 Å². The van der Waals surface area contributed by atoms with Gasteiger partial charge in [-0.05, 0) is 31.0 Å². The minimum Gasteiger partial charge on any atom is -0.497 e. The van der Waals surface area contributed by atoms with Crippen LogP contribution in [-0.2, 0) is 11.3 Å². The Morgan fingerprint density at radius 3 is 2.71 bits per heavy atom. The number of allylic oxidation sites excluding steroid dienone is 1. The van der Waals surface area contributed by atoms with Gasteiger partial charge in [-0.3, -0.25) is 9.79 Å². The van der Waals surface area contributed by atoms with Crippen molar-refractivity contribution in [1.29, 1.82) is 5.41 Å². The van der Waals surface area contributed by atoms with E-state index in [9.17, 15) is 4.79 Å². The van der Waals surface area contributed by atoms with E-state index in [0.29, 0.717) is 18.8 Å². The summed E-state index contributed by atoms with van der Waals surface area (Å²) in [5, 5.41) is 11.4. The predicted octanol–water partition coefficient (Wildman–Crippen LogP) is 3.20.